The lowest BCUT2D eigenvalue weighted by Crippen LogP contribution is -2.44. The van der Waals surface area contributed by atoms with Crippen LogP contribution in [0.25, 0.3) is 224 Å². The number of imidazole rings is 3. The molecular formula is C120H100N20O6. The van der Waals surface area contributed by atoms with Crippen molar-refractivity contribution in [2.45, 2.75) is 40.2 Å². The number of hydrogen-bond acceptors (Lipinski definition) is 18. The van der Waals surface area contributed by atoms with Crippen LogP contribution in [-0.4, -0.2) is 166 Å². The van der Waals surface area contributed by atoms with Crippen LogP contribution in [0.15, 0.2) is 328 Å². The van der Waals surface area contributed by atoms with Gasteiger partial charge in [-0.15, -0.1) is 0 Å². The Morgan fingerprint density at radius 3 is 1.40 bits per heavy atom. The van der Waals surface area contributed by atoms with E-state index in [2.05, 4.69) is 248 Å². The van der Waals surface area contributed by atoms with Crippen LogP contribution in [0.5, 0.6) is 23.0 Å². The second kappa shape index (κ2) is 40.5. The Bertz CT molecular complexity index is 9210. The van der Waals surface area contributed by atoms with Gasteiger partial charge in [-0.3, -0.25) is 35.5 Å². The predicted octanol–water partition coefficient (Wildman–Crippen LogP) is 25.1. The molecule has 15 aromatic carbocycles. The maximum atomic E-state index is 10.6. The number of anilines is 1. The Hall–Kier alpha value is -18.8. The van der Waals surface area contributed by atoms with E-state index in [1.165, 1.54) is 27.6 Å². The number of phenolic OH excluding ortho intramolecular Hbond substituents is 4. The van der Waals surface area contributed by atoms with Gasteiger partial charge in [-0.1, -0.05) is 194 Å². The minimum absolute atomic E-state index is 0.0656. The predicted molar refractivity (Wildman–Crippen MR) is 586 cm³/mol. The van der Waals surface area contributed by atoms with Crippen LogP contribution < -0.4 is 4.90 Å². The molecule has 0 amide bonds. The first-order valence-electron chi connectivity index (χ1n) is 48.3. The summed E-state index contributed by atoms with van der Waals surface area (Å²) < 4.78 is 0. The number of hydrogen-bond donors (Lipinski definition) is 14. The van der Waals surface area contributed by atoms with Crippen LogP contribution in [0.2, 0.25) is 0 Å². The zero-order chi connectivity index (χ0) is 99.4. The standard InChI is InChI=1S/C28H25N7.C25H24N2O2.C24H17N3.C22H18N4O2.C21H16N4O2/c1-34-10-12-35(13-11-34)20-7-9-25-26(15-20)31-28(30-25)27-22-14-18(6-8-24(22)32-33-27)23-17-29-16-19-4-2-3-5-21(19)23;1-17-21(12-10-19(25(17)29)8-5-15-28)20-11-14-24-22(16-20)23(26-27-24)13-9-18-6-3-2-4-7-18;1-2-4-17(5-3-1)6-10-23-22-15-20(9-11-24(22)27-26-23)19-8-7-18-12-13-25-16-21(18)14-19;1-12-15(5-3-7-19(12)28)13-8-9-17-16(10-13)21(26-25-17)22-23-18-6-2-4-14(11-27)20(18)24-22;1-11-13(4-2-6-17(11)26)12-8-9-15-14(10-12)19(25-24-15)21-22-16-5-3-7-18(27)20(16)23-21/h2-9,14-17H,10-13H2,1H3,(H,30,31)(H,32,33);2-4,6-7,9-14,16,28-29H,5,8,15H2,1H3,(H,26,27);1-16H,(H,26,27);2-10,27-28H,11H2,1H3,(H,23,24)(H,25,26);2-10,26-27H,1H3,(H,22,23)(H,24,25)/b;13-9+;10-6+;;. The molecule has 25 aromatic rings. The van der Waals surface area contributed by atoms with Gasteiger partial charge in [0, 0.05) is 112 Å². The number of nitrogens with zero attached hydrogens (tertiary/aromatic N) is 12. The van der Waals surface area contributed by atoms with Gasteiger partial charge in [-0.25, -0.2) is 15.0 Å². The molecule has 11 heterocycles. The molecule has 0 radical (unpaired) electrons. The number of aromatic amines is 8. The second-order valence-corrected chi connectivity index (χ2v) is 36.4. The third-order valence-electron chi connectivity index (χ3n) is 27.2. The van der Waals surface area contributed by atoms with Gasteiger partial charge in [-0.2, -0.15) is 25.5 Å². The zero-order valence-electron chi connectivity index (χ0n) is 80.2. The van der Waals surface area contributed by atoms with Crippen LogP contribution >= 0.6 is 0 Å². The molecule has 716 valence electrons. The maximum Gasteiger partial charge on any atom is 0.159 e. The van der Waals surface area contributed by atoms with E-state index in [1.54, 1.807) is 24.3 Å². The van der Waals surface area contributed by atoms with Crippen molar-refractivity contribution in [3.63, 3.8) is 0 Å². The number of fused-ring (bicyclic) bond motifs is 10. The number of benzene rings is 15. The summed E-state index contributed by atoms with van der Waals surface area (Å²) in [6, 6.07) is 101. The molecular weight excluding hydrogens is 1820 g/mol. The molecule has 1 saturated heterocycles. The summed E-state index contributed by atoms with van der Waals surface area (Å²) in [4.78, 5) is 37.6. The average Bonchev–Trinajstić information content (AvgIpc) is 1.61. The van der Waals surface area contributed by atoms with Crippen molar-refractivity contribution in [3.8, 4) is 113 Å². The number of nitrogens with one attached hydrogen (secondary N) is 8. The highest BCUT2D eigenvalue weighted by atomic mass is 16.3. The number of H-pyrrole nitrogens is 8. The van der Waals surface area contributed by atoms with E-state index in [-0.39, 0.29) is 30.5 Å². The number of likely N-dealkylation sites (N-methyl/N-ethyl adjacent to an activating group) is 1. The largest absolute Gasteiger partial charge is 0.508 e. The molecule has 10 aromatic heterocycles. The number of aromatic nitrogens is 18. The second-order valence-electron chi connectivity index (χ2n) is 36.4. The molecule has 0 unspecified atom stereocenters. The zero-order valence-corrected chi connectivity index (χ0v) is 80.2. The van der Waals surface area contributed by atoms with Crippen molar-refractivity contribution >= 4 is 139 Å². The molecule has 0 atom stereocenters. The smallest absolute Gasteiger partial charge is 0.159 e. The molecule has 0 spiro atoms. The Morgan fingerprint density at radius 2 is 0.808 bits per heavy atom. The van der Waals surface area contributed by atoms with Crippen LogP contribution in [0.1, 0.15) is 56.8 Å². The Labute approximate surface area is 837 Å². The van der Waals surface area contributed by atoms with Crippen molar-refractivity contribution in [1.82, 2.24) is 95.8 Å². The van der Waals surface area contributed by atoms with Gasteiger partial charge in [-0.05, 0) is 268 Å². The van der Waals surface area contributed by atoms with Crippen molar-refractivity contribution in [3.05, 3.63) is 378 Å². The van der Waals surface area contributed by atoms with E-state index in [4.69, 9.17) is 10.1 Å². The van der Waals surface area contributed by atoms with E-state index in [0.717, 1.165) is 231 Å². The molecule has 26 nitrogen and oxygen atoms in total. The van der Waals surface area contributed by atoms with E-state index in [9.17, 15) is 25.5 Å². The lowest BCUT2D eigenvalue weighted by atomic mass is 9.94. The number of para-hydroxylation sites is 2. The monoisotopic (exact) mass is 1920 g/mol. The van der Waals surface area contributed by atoms with Crippen molar-refractivity contribution in [2.24, 2.45) is 0 Å². The molecule has 26 rings (SSSR count). The highest BCUT2D eigenvalue weighted by Gasteiger charge is 2.24. The third kappa shape index (κ3) is 18.9. The van der Waals surface area contributed by atoms with Crippen molar-refractivity contribution in [2.75, 3.05) is 44.7 Å². The van der Waals surface area contributed by atoms with Crippen molar-refractivity contribution in [1.29, 1.82) is 0 Å². The van der Waals surface area contributed by atoms with Crippen LogP contribution in [0.3, 0.4) is 0 Å². The fourth-order valence-electron chi connectivity index (χ4n) is 19.1. The third-order valence-corrected chi connectivity index (χ3v) is 27.2. The molecule has 0 saturated carbocycles. The van der Waals surface area contributed by atoms with Crippen LogP contribution in [0, 0.1) is 20.8 Å². The highest BCUT2D eigenvalue weighted by molar-refractivity contribution is 6.04. The SMILES string of the molecule is C(=C\c1n[nH]c2ccc(-c3ccc4ccncc4c3)cc12)/c1ccccc1.CN1CCN(c2ccc3nc(-c4n[nH]c5ccc(-c6cncc7ccccc67)cc45)[nH]c3c2)CC1.Cc1c(-c2ccc3[nH]nc(/C=C/c4ccccc4)c3c2)ccc(CCCO)c1O.Cc1c(O)cccc1-c1ccc2[nH]nc(-c3nc4c(CO)cccc4[nH]3)c2c1.Cc1c(O)cccc1-c1ccc2[nH]nc(-c3nc4c(O)cccc4[nH]3)c2c1. The van der Waals surface area contributed by atoms with E-state index < -0.39 is 0 Å². The Balaban J connectivity index is 0.000000104. The minimum Gasteiger partial charge on any atom is -0.508 e. The molecule has 0 bridgehead atoms. The summed E-state index contributed by atoms with van der Waals surface area (Å²) in [5, 5.41) is 107. The lowest BCUT2D eigenvalue weighted by Gasteiger charge is -2.34. The first kappa shape index (κ1) is 92.3. The van der Waals surface area contributed by atoms with E-state index in [1.807, 2.05) is 203 Å². The molecule has 26 heteroatoms. The Morgan fingerprint density at radius 1 is 0.329 bits per heavy atom. The number of aromatic hydroxyl groups is 4. The number of rotatable bonds is 17. The van der Waals surface area contributed by atoms with Gasteiger partial charge < -0.3 is 55.4 Å². The van der Waals surface area contributed by atoms with Gasteiger partial charge in [0.1, 0.15) is 45.6 Å². The highest BCUT2D eigenvalue weighted by Crippen LogP contribution is 2.42. The van der Waals surface area contributed by atoms with Crippen molar-refractivity contribution < 1.29 is 30.6 Å². The topological polar surface area (TPSA) is 383 Å². The summed E-state index contributed by atoms with van der Waals surface area (Å²) in [6.45, 7) is 10.0. The molecule has 1 aliphatic rings. The lowest BCUT2D eigenvalue weighted by molar-refractivity contribution is 0.283. The molecule has 14 N–H and O–H groups in total. The molecule has 0 aliphatic carbocycles. The van der Waals surface area contributed by atoms with E-state index in [0.29, 0.717) is 41.5 Å². The van der Waals surface area contributed by atoms with Gasteiger partial charge in [0.25, 0.3) is 0 Å². The number of phenols is 4. The fourth-order valence-corrected chi connectivity index (χ4v) is 19.1. The van der Waals surface area contributed by atoms with Gasteiger partial charge in [0.15, 0.2) is 17.5 Å². The van der Waals surface area contributed by atoms with Gasteiger partial charge in [0.2, 0.25) is 0 Å². The molecule has 1 fully saturated rings. The van der Waals surface area contributed by atoms with Gasteiger partial charge in [0.05, 0.1) is 73.2 Å². The summed E-state index contributed by atoms with van der Waals surface area (Å²) >= 11 is 0. The number of aryl methyl sites for hydroxylation is 1. The number of piperazine rings is 1. The number of pyridine rings is 2. The fraction of sp³-hybridized carbons (Fsp3) is 0.100. The summed E-state index contributed by atoms with van der Waals surface area (Å²) in [6.07, 6.45) is 17.1. The Kier molecular flexibility index (Phi) is 25.6. The molecule has 146 heavy (non-hydrogen) atoms. The maximum absolute atomic E-state index is 10.6. The normalized spacial score (nSPS) is 12.3. The number of aliphatic hydroxyl groups excluding tert-OH is 2. The van der Waals surface area contributed by atoms with Gasteiger partial charge >= 0.3 is 0 Å². The summed E-state index contributed by atoms with van der Waals surface area (Å²) in [5.41, 5.74) is 31.9. The first-order valence-corrected chi connectivity index (χ1v) is 48.3. The first-order chi connectivity index (χ1) is 71.5. The summed E-state index contributed by atoms with van der Waals surface area (Å²) in [5.74, 6) is 2.99. The number of aliphatic hydroxyl groups is 2. The quantitative estimate of drug-likeness (QED) is 0.0403. The van der Waals surface area contributed by atoms with Crippen LogP contribution in [0.4, 0.5) is 5.69 Å². The average molecular weight is 1920 g/mol. The molecule has 1 aliphatic heterocycles. The minimum atomic E-state index is -0.0656. The summed E-state index contributed by atoms with van der Waals surface area (Å²) in [7, 11) is 2.18. The van der Waals surface area contributed by atoms with E-state index >= 15 is 0 Å². The van der Waals surface area contributed by atoms with Crippen LogP contribution in [-0.2, 0) is 13.0 Å².